The third-order valence-corrected chi connectivity index (χ3v) is 3.15. The smallest absolute Gasteiger partial charge is 0.337 e. The molecule has 2 heterocycles. The molecule has 17 heavy (non-hydrogen) atoms. The molecule has 5 heteroatoms. The zero-order valence-electron chi connectivity index (χ0n) is 10.0. The minimum atomic E-state index is -0.847. The van der Waals surface area contributed by atoms with Crippen molar-refractivity contribution in [3.8, 4) is 0 Å². The fraction of sp³-hybridized carbons (Fsp3) is 0.583. The van der Waals surface area contributed by atoms with Crippen LogP contribution in [0.15, 0.2) is 6.20 Å². The number of carbonyl (C=O) groups is 1. The number of carboxylic acids is 1. The molecule has 2 rings (SSSR count). The lowest BCUT2D eigenvalue weighted by atomic mass is 10.1. The summed E-state index contributed by atoms with van der Waals surface area (Å²) in [6.07, 6.45) is 2.51. The van der Waals surface area contributed by atoms with Gasteiger partial charge in [0.05, 0.1) is 18.8 Å². The van der Waals surface area contributed by atoms with E-state index in [0.29, 0.717) is 5.56 Å². The van der Waals surface area contributed by atoms with Gasteiger partial charge in [0.2, 0.25) is 0 Å². The Kier molecular flexibility index (Phi) is 3.81. The minimum Gasteiger partial charge on any atom is -0.478 e. The SMILES string of the molecule is Cc1c[nH]c(CCN2CCOCC2)c1C(=O)O. The van der Waals surface area contributed by atoms with Crippen LogP contribution >= 0.6 is 0 Å². The second kappa shape index (κ2) is 5.33. The maximum absolute atomic E-state index is 11.1. The van der Waals surface area contributed by atoms with E-state index in [0.717, 1.165) is 50.5 Å². The van der Waals surface area contributed by atoms with E-state index in [1.807, 2.05) is 6.92 Å². The van der Waals surface area contributed by atoms with Crippen molar-refractivity contribution in [2.75, 3.05) is 32.8 Å². The molecule has 0 unspecified atom stereocenters. The number of aryl methyl sites for hydroxylation is 1. The number of hydrogen-bond donors (Lipinski definition) is 2. The summed E-state index contributed by atoms with van der Waals surface area (Å²) in [7, 11) is 0. The average Bonchev–Trinajstić information content (AvgIpc) is 2.69. The summed E-state index contributed by atoms with van der Waals surface area (Å²) in [4.78, 5) is 16.5. The fourth-order valence-corrected chi connectivity index (χ4v) is 2.17. The lowest BCUT2D eigenvalue weighted by Gasteiger charge is -2.26. The summed E-state index contributed by atoms with van der Waals surface area (Å²) < 4.78 is 5.27. The zero-order valence-corrected chi connectivity index (χ0v) is 10.0. The summed E-state index contributed by atoms with van der Waals surface area (Å²) in [6.45, 7) is 6.11. The number of rotatable bonds is 4. The highest BCUT2D eigenvalue weighted by molar-refractivity contribution is 5.90. The molecule has 0 aromatic carbocycles. The molecule has 0 amide bonds. The zero-order chi connectivity index (χ0) is 12.3. The third-order valence-electron chi connectivity index (χ3n) is 3.15. The monoisotopic (exact) mass is 238 g/mol. The first-order valence-electron chi connectivity index (χ1n) is 5.88. The van der Waals surface area contributed by atoms with Crippen LogP contribution in [0.5, 0.6) is 0 Å². The van der Waals surface area contributed by atoms with Gasteiger partial charge in [-0.05, 0) is 12.5 Å². The Balaban J connectivity index is 1.96. The molecule has 1 aliphatic rings. The number of morpholine rings is 1. The molecule has 1 aromatic heterocycles. The quantitative estimate of drug-likeness (QED) is 0.817. The number of H-pyrrole nitrogens is 1. The van der Waals surface area contributed by atoms with Crippen LogP contribution < -0.4 is 0 Å². The van der Waals surface area contributed by atoms with Gasteiger partial charge in [-0.1, -0.05) is 0 Å². The van der Waals surface area contributed by atoms with Crippen LogP contribution in [0, 0.1) is 6.92 Å². The molecule has 0 spiro atoms. The van der Waals surface area contributed by atoms with Crippen molar-refractivity contribution in [1.29, 1.82) is 0 Å². The molecule has 0 saturated carbocycles. The Morgan fingerprint density at radius 1 is 1.53 bits per heavy atom. The number of carboxylic acid groups (broad SMARTS) is 1. The third kappa shape index (κ3) is 2.87. The fourth-order valence-electron chi connectivity index (χ4n) is 2.17. The van der Waals surface area contributed by atoms with Crippen LogP contribution in [0.2, 0.25) is 0 Å². The summed E-state index contributed by atoms with van der Waals surface area (Å²) in [5, 5.41) is 9.12. The van der Waals surface area contributed by atoms with Crippen LogP contribution in [0.1, 0.15) is 21.6 Å². The lowest BCUT2D eigenvalue weighted by molar-refractivity contribution is 0.0382. The van der Waals surface area contributed by atoms with Gasteiger partial charge >= 0.3 is 5.97 Å². The van der Waals surface area contributed by atoms with E-state index in [-0.39, 0.29) is 0 Å². The van der Waals surface area contributed by atoms with Crippen molar-refractivity contribution < 1.29 is 14.6 Å². The maximum Gasteiger partial charge on any atom is 0.337 e. The maximum atomic E-state index is 11.1. The normalized spacial score (nSPS) is 17.2. The minimum absolute atomic E-state index is 0.429. The van der Waals surface area contributed by atoms with Gasteiger partial charge in [-0.25, -0.2) is 4.79 Å². The first kappa shape index (κ1) is 12.1. The Morgan fingerprint density at radius 2 is 2.24 bits per heavy atom. The number of hydrogen-bond acceptors (Lipinski definition) is 3. The van der Waals surface area contributed by atoms with Gasteiger partial charge in [0.1, 0.15) is 0 Å². The van der Waals surface area contributed by atoms with Crippen molar-refractivity contribution in [3.05, 3.63) is 23.0 Å². The topological polar surface area (TPSA) is 65.6 Å². The molecule has 1 aliphatic heterocycles. The van der Waals surface area contributed by atoms with Gasteiger partial charge in [-0.2, -0.15) is 0 Å². The summed E-state index contributed by atoms with van der Waals surface area (Å²) in [5.74, 6) is -0.847. The van der Waals surface area contributed by atoms with Crippen LogP contribution in [0.3, 0.4) is 0 Å². The van der Waals surface area contributed by atoms with Crippen molar-refractivity contribution >= 4 is 5.97 Å². The second-order valence-electron chi connectivity index (χ2n) is 4.33. The van der Waals surface area contributed by atoms with E-state index in [2.05, 4.69) is 9.88 Å². The van der Waals surface area contributed by atoms with E-state index in [9.17, 15) is 4.79 Å². The van der Waals surface area contributed by atoms with Crippen LogP contribution in [-0.2, 0) is 11.2 Å². The molecule has 2 N–H and O–H groups in total. The lowest BCUT2D eigenvalue weighted by Crippen LogP contribution is -2.37. The van der Waals surface area contributed by atoms with E-state index < -0.39 is 5.97 Å². The molecule has 1 aromatic rings. The van der Waals surface area contributed by atoms with E-state index in [4.69, 9.17) is 9.84 Å². The molecule has 0 aliphatic carbocycles. The van der Waals surface area contributed by atoms with E-state index in [1.165, 1.54) is 0 Å². The molecular weight excluding hydrogens is 220 g/mol. The van der Waals surface area contributed by atoms with Crippen LogP contribution in [-0.4, -0.2) is 53.8 Å². The number of nitrogens with zero attached hydrogens (tertiary/aromatic N) is 1. The summed E-state index contributed by atoms with van der Waals surface area (Å²) >= 11 is 0. The molecule has 94 valence electrons. The number of nitrogens with one attached hydrogen (secondary N) is 1. The molecular formula is C12H18N2O3. The van der Waals surface area contributed by atoms with Gasteiger partial charge in [0.15, 0.2) is 0 Å². The Bertz CT molecular complexity index is 394. The van der Waals surface area contributed by atoms with E-state index in [1.54, 1.807) is 6.20 Å². The first-order chi connectivity index (χ1) is 8.18. The van der Waals surface area contributed by atoms with Crippen molar-refractivity contribution in [1.82, 2.24) is 9.88 Å². The highest BCUT2D eigenvalue weighted by Gasteiger charge is 2.16. The predicted octanol–water partition coefficient (Wildman–Crippen LogP) is 0.896. The Hall–Kier alpha value is -1.33. The molecule has 5 nitrogen and oxygen atoms in total. The molecule has 1 saturated heterocycles. The molecule has 0 bridgehead atoms. The van der Waals surface area contributed by atoms with Gasteiger partial charge in [0, 0.05) is 37.9 Å². The largest absolute Gasteiger partial charge is 0.478 e. The number of aromatic carboxylic acids is 1. The number of ether oxygens (including phenoxy) is 1. The predicted molar refractivity (Wildman–Crippen MR) is 63.5 cm³/mol. The standard InChI is InChI=1S/C12H18N2O3/c1-9-8-13-10(11(9)12(15)16)2-3-14-4-6-17-7-5-14/h8,13H,2-7H2,1H3,(H,15,16). The van der Waals surface area contributed by atoms with Gasteiger partial charge in [0.25, 0.3) is 0 Å². The Labute approximate surface area is 100 Å². The molecule has 1 fully saturated rings. The highest BCUT2D eigenvalue weighted by atomic mass is 16.5. The molecule has 0 atom stereocenters. The van der Waals surface area contributed by atoms with Crippen molar-refractivity contribution in [3.63, 3.8) is 0 Å². The first-order valence-corrected chi connectivity index (χ1v) is 5.88. The van der Waals surface area contributed by atoms with Crippen LogP contribution in [0.4, 0.5) is 0 Å². The second-order valence-corrected chi connectivity index (χ2v) is 4.33. The summed E-state index contributed by atoms with van der Waals surface area (Å²) in [6, 6.07) is 0. The summed E-state index contributed by atoms with van der Waals surface area (Å²) in [5.41, 5.74) is 2.05. The molecule has 0 radical (unpaired) electrons. The van der Waals surface area contributed by atoms with Crippen molar-refractivity contribution in [2.45, 2.75) is 13.3 Å². The Morgan fingerprint density at radius 3 is 2.88 bits per heavy atom. The number of aromatic nitrogens is 1. The van der Waals surface area contributed by atoms with Gasteiger partial charge in [-0.3, -0.25) is 4.90 Å². The van der Waals surface area contributed by atoms with Crippen LogP contribution in [0.25, 0.3) is 0 Å². The van der Waals surface area contributed by atoms with Gasteiger partial charge < -0.3 is 14.8 Å². The van der Waals surface area contributed by atoms with E-state index >= 15 is 0 Å². The average molecular weight is 238 g/mol. The van der Waals surface area contributed by atoms with Gasteiger partial charge in [-0.15, -0.1) is 0 Å². The van der Waals surface area contributed by atoms with Crippen molar-refractivity contribution in [2.24, 2.45) is 0 Å². The highest BCUT2D eigenvalue weighted by Crippen LogP contribution is 2.14. The number of aromatic amines is 1.